The summed E-state index contributed by atoms with van der Waals surface area (Å²) in [5.41, 5.74) is 4.10. The van der Waals surface area contributed by atoms with E-state index in [9.17, 15) is 18.0 Å². The van der Waals surface area contributed by atoms with Crippen LogP contribution in [0.4, 0.5) is 13.2 Å². The molecule has 0 aromatic heterocycles. The Morgan fingerprint density at radius 1 is 1.33 bits per heavy atom. The second kappa shape index (κ2) is 5.34. The van der Waals surface area contributed by atoms with Crippen LogP contribution < -0.4 is 5.73 Å². The van der Waals surface area contributed by atoms with Gasteiger partial charge in [0.05, 0.1) is 5.41 Å². The van der Waals surface area contributed by atoms with Crippen molar-refractivity contribution in [3.63, 3.8) is 0 Å². The molecular weight excluding hydrogens is 211 g/mol. The zero-order chi connectivity index (χ0) is 12.1. The van der Waals surface area contributed by atoms with Crippen LogP contribution in [0.15, 0.2) is 0 Å². The van der Waals surface area contributed by atoms with Gasteiger partial charge in [-0.1, -0.05) is 6.92 Å². The number of aliphatic carboxylic acids is 1. The Balaban J connectivity index is 4.26. The largest absolute Gasteiger partial charge is 0.481 e. The van der Waals surface area contributed by atoms with E-state index in [4.69, 9.17) is 10.8 Å². The number of halogens is 3. The van der Waals surface area contributed by atoms with Gasteiger partial charge in [-0.15, -0.1) is 0 Å². The first-order valence-electron chi connectivity index (χ1n) is 4.77. The molecule has 0 aromatic rings. The summed E-state index contributed by atoms with van der Waals surface area (Å²) in [5.74, 6) is -1.12. The lowest BCUT2D eigenvalue weighted by molar-refractivity contribution is -0.152. The third-order valence-corrected chi connectivity index (χ3v) is 2.64. The van der Waals surface area contributed by atoms with Crippen molar-refractivity contribution in [3.05, 3.63) is 0 Å². The summed E-state index contributed by atoms with van der Waals surface area (Å²) in [7, 11) is 0. The lowest BCUT2D eigenvalue weighted by Gasteiger charge is -2.26. The van der Waals surface area contributed by atoms with Crippen molar-refractivity contribution in [1.82, 2.24) is 0 Å². The first-order chi connectivity index (χ1) is 6.77. The predicted octanol–water partition coefficient (Wildman–Crippen LogP) is 2.16. The Kier molecular flexibility index (Phi) is 5.07. The van der Waals surface area contributed by atoms with Crippen LogP contribution in [-0.2, 0) is 4.79 Å². The Hall–Kier alpha value is -0.780. The first kappa shape index (κ1) is 14.2. The van der Waals surface area contributed by atoms with Gasteiger partial charge in [-0.25, -0.2) is 0 Å². The van der Waals surface area contributed by atoms with Crippen LogP contribution in [0.3, 0.4) is 0 Å². The molecule has 0 rings (SSSR count). The third-order valence-electron chi connectivity index (χ3n) is 2.64. The first-order valence-corrected chi connectivity index (χ1v) is 4.77. The minimum Gasteiger partial charge on any atom is -0.481 e. The Morgan fingerprint density at radius 3 is 2.13 bits per heavy atom. The molecule has 0 amide bonds. The molecule has 0 aliphatic heterocycles. The molecule has 0 saturated heterocycles. The molecule has 6 heteroatoms. The number of alkyl halides is 3. The van der Waals surface area contributed by atoms with Crippen LogP contribution in [0.1, 0.15) is 32.6 Å². The zero-order valence-corrected chi connectivity index (χ0v) is 8.60. The van der Waals surface area contributed by atoms with Gasteiger partial charge in [0.1, 0.15) is 0 Å². The summed E-state index contributed by atoms with van der Waals surface area (Å²) in [6, 6.07) is 0. The van der Waals surface area contributed by atoms with E-state index in [0.29, 0.717) is 0 Å². The van der Waals surface area contributed by atoms with Gasteiger partial charge in [0, 0.05) is 13.0 Å². The normalized spacial score (nSPS) is 16.1. The predicted molar refractivity (Wildman–Crippen MR) is 49.3 cm³/mol. The molecule has 1 atom stereocenters. The quantitative estimate of drug-likeness (QED) is 0.730. The van der Waals surface area contributed by atoms with Gasteiger partial charge in [0.15, 0.2) is 0 Å². The second-order valence-corrected chi connectivity index (χ2v) is 3.61. The molecule has 0 heterocycles. The van der Waals surface area contributed by atoms with Crippen LogP contribution in [0.5, 0.6) is 0 Å². The van der Waals surface area contributed by atoms with E-state index in [1.54, 1.807) is 6.92 Å². The Morgan fingerprint density at radius 2 is 1.87 bits per heavy atom. The topological polar surface area (TPSA) is 63.3 Å². The number of carbonyl (C=O) groups is 1. The van der Waals surface area contributed by atoms with Crippen molar-refractivity contribution in [3.8, 4) is 0 Å². The molecule has 0 aliphatic rings. The molecule has 0 bridgehead atoms. The van der Waals surface area contributed by atoms with Crippen molar-refractivity contribution in [1.29, 1.82) is 0 Å². The summed E-state index contributed by atoms with van der Waals surface area (Å²) in [5, 5.41) is 8.89. The standard InChI is InChI=1S/C9H16F3NO2/c1-2-8(6-13,7(14)15)4-3-5-9(10,11)12/h2-6,13H2,1H3,(H,14,15). The zero-order valence-electron chi connectivity index (χ0n) is 8.60. The monoisotopic (exact) mass is 227 g/mol. The molecular formula is C9H16F3NO2. The summed E-state index contributed by atoms with van der Waals surface area (Å²) in [6.45, 7) is 1.49. The van der Waals surface area contributed by atoms with Gasteiger partial charge in [-0.2, -0.15) is 13.2 Å². The summed E-state index contributed by atoms with van der Waals surface area (Å²) in [6.07, 6.45) is -5.17. The van der Waals surface area contributed by atoms with Gasteiger partial charge in [0.2, 0.25) is 0 Å². The van der Waals surface area contributed by atoms with Crippen molar-refractivity contribution >= 4 is 5.97 Å². The highest BCUT2D eigenvalue weighted by Crippen LogP contribution is 2.31. The van der Waals surface area contributed by atoms with Crippen molar-refractivity contribution in [2.75, 3.05) is 6.54 Å². The summed E-state index contributed by atoms with van der Waals surface area (Å²) in [4.78, 5) is 10.9. The maximum atomic E-state index is 11.9. The number of hydrogen-bond donors (Lipinski definition) is 2. The highest BCUT2D eigenvalue weighted by molar-refractivity contribution is 5.74. The van der Waals surface area contributed by atoms with Crippen molar-refractivity contribution < 1.29 is 23.1 Å². The number of nitrogens with two attached hydrogens (primary N) is 1. The minimum absolute atomic E-state index is 0.0329. The SMILES string of the molecule is CCC(CN)(CCCC(F)(F)F)C(=O)O. The molecule has 0 fully saturated rings. The van der Waals surface area contributed by atoms with Crippen LogP contribution in [0, 0.1) is 5.41 Å². The lowest BCUT2D eigenvalue weighted by atomic mass is 9.80. The molecule has 0 aliphatic carbocycles. The van der Waals surface area contributed by atoms with Crippen molar-refractivity contribution in [2.45, 2.75) is 38.8 Å². The average Bonchev–Trinajstić information content (AvgIpc) is 2.10. The number of carboxylic acid groups (broad SMARTS) is 1. The maximum absolute atomic E-state index is 11.9. The van der Waals surface area contributed by atoms with Crippen LogP contribution in [0.25, 0.3) is 0 Å². The van der Waals surface area contributed by atoms with E-state index in [0.717, 1.165) is 0 Å². The third kappa shape index (κ3) is 4.51. The van der Waals surface area contributed by atoms with E-state index in [2.05, 4.69) is 0 Å². The van der Waals surface area contributed by atoms with E-state index in [1.165, 1.54) is 0 Å². The van der Waals surface area contributed by atoms with Crippen LogP contribution in [-0.4, -0.2) is 23.8 Å². The van der Waals surface area contributed by atoms with E-state index in [1.807, 2.05) is 0 Å². The van der Waals surface area contributed by atoms with Gasteiger partial charge in [-0.05, 0) is 19.3 Å². The number of hydrogen-bond acceptors (Lipinski definition) is 2. The molecule has 0 radical (unpaired) electrons. The molecule has 1 unspecified atom stereocenters. The summed E-state index contributed by atoms with van der Waals surface area (Å²) >= 11 is 0. The van der Waals surface area contributed by atoms with Gasteiger partial charge >= 0.3 is 12.1 Å². The molecule has 90 valence electrons. The smallest absolute Gasteiger partial charge is 0.389 e. The van der Waals surface area contributed by atoms with Crippen LogP contribution in [0.2, 0.25) is 0 Å². The lowest BCUT2D eigenvalue weighted by Crippen LogP contribution is -2.38. The molecule has 3 nitrogen and oxygen atoms in total. The van der Waals surface area contributed by atoms with Crippen molar-refractivity contribution in [2.24, 2.45) is 11.1 Å². The molecule has 3 N–H and O–H groups in total. The second-order valence-electron chi connectivity index (χ2n) is 3.61. The fourth-order valence-corrected chi connectivity index (χ4v) is 1.40. The van der Waals surface area contributed by atoms with E-state index < -0.39 is 24.0 Å². The Bertz CT molecular complexity index is 212. The maximum Gasteiger partial charge on any atom is 0.389 e. The molecule has 0 saturated carbocycles. The fourth-order valence-electron chi connectivity index (χ4n) is 1.40. The Labute approximate surface area is 86.5 Å². The highest BCUT2D eigenvalue weighted by atomic mass is 19.4. The van der Waals surface area contributed by atoms with Gasteiger partial charge in [-0.3, -0.25) is 4.79 Å². The van der Waals surface area contributed by atoms with Crippen LogP contribution >= 0.6 is 0 Å². The molecule has 15 heavy (non-hydrogen) atoms. The van der Waals surface area contributed by atoms with E-state index >= 15 is 0 Å². The minimum atomic E-state index is -4.23. The summed E-state index contributed by atoms with van der Waals surface area (Å²) < 4.78 is 35.6. The van der Waals surface area contributed by atoms with E-state index in [-0.39, 0.29) is 25.8 Å². The number of carboxylic acids is 1. The molecule has 0 aromatic carbocycles. The van der Waals surface area contributed by atoms with Gasteiger partial charge < -0.3 is 10.8 Å². The average molecular weight is 227 g/mol. The number of rotatable bonds is 6. The molecule has 0 spiro atoms. The fraction of sp³-hybridized carbons (Fsp3) is 0.889. The highest BCUT2D eigenvalue weighted by Gasteiger charge is 2.36. The van der Waals surface area contributed by atoms with Gasteiger partial charge in [0.25, 0.3) is 0 Å².